The Labute approximate surface area is 143 Å². The number of aromatic carboxylic acids is 1. The molecule has 0 fully saturated rings. The molecule has 1 heterocycles. The fourth-order valence-corrected chi connectivity index (χ4v) is 2.49. The number of nitro benzene ring substituents is 1. The number of carboxylic acids is 1. The van der Waals surface area contributed by atoms with Gasteiger partial charge in [0.1, 0.15) is 0 Å². The van der Waals surface area contributed by atoms with Crippen molar-refractivity contribution in [2.24, 2.45) is 0 Å². The lowest BCUT2D eigenvalue weighted by Gasteiger charge is -2.04. The van der Waals surface area contributed by atoms with E-state index in [-0.39, 0.29) is 11.4 Å². The van der Waals surface area contributed by atoms with Gasteiger partial charge >= 0.3 is 5.97 Å². The molecule has 1 aromatic heterocycles. The predicted octanol–water partition coefficient (Wildman–Crippen LogP) is 3.76. The van der Waals surface area contributed by atoms with Crippen LogP contribution < -0.4 is 0 Å². The number of rotatable bonds is 4. The Hall–Kier alpha value is -3.48. The van der Waals surface area contributed by atoms with E-state index in [4.69, 9.17) is 0 Å². The van der Waals surface area contributed by atoms with Crippen molar-refractivity contribution < 1.29 is 14.8 Å². The first-order chi connectivity index (χ1) is 11.9. The third-order valence-corrected chi connectivity index (χ3v) is 4.04. The monoisotopic (exact) mass is 337 g/mol. The Morgan fingerprint density at radius 2 is 1.76 bits per heavy atom. The highest BCUT2D eigenvalue weighted by molar-refractivity contribution is 5.88. The first-order valence-corrected chi connectivity index (χ1v) is 7.52. The summed E-state index contributed by atoms with van der Waals surface area (Å²) in [5.41, 5.74) is 3.92. The molecule has 0 spiro atoms. The zero-order valence-electron chi connectivity index (χ0n) is 13.6. The number of carboxylic acid groups (broad SMARTS) is 1. The Morgan fingerprint density at radius 1 is 1.08 bits per heavy atom. The smallest absolute Gasteiger partial charge is 0.354 e. The van der Waals surface area contributed by atoms with Crippen LogP contribution in [0.25, 0.3) is 16.9 Å². The van der Waals surface area contributed by atoms with Gasteiger partial charge in [0.2, 0.25) is 0 Å². The predicted molar refractivity (Wildman–Crippen MR) is 92.1 cm³/mol. The van der Waals surface area contributed by atoms with Crippen molar-refractivity contribution in [2.75, 3.05) is 0 Å². The van der Waals surface area contributed by atoms with Crippen molar-refractivity contribution in [2.45, 2.75) is 13.8 Å². The molecule has 0 aliphatic carbocycles. The summed E-state index contributed by atoms with van der Waals surface area (Å²) in [7, 11) is 0. The summed E-state index contributed by atoms with van der Waals surface area (Å²) in [6, 6.07) is 12.9. The second kappa shape index (κ2) is 6.20. The van der Waals surface area contributed by atoms with E-state index in [0.29, 0.717) is 11.4 Å². The highest BCUT2D eigenvalue weighted by Gasteiger charge is 2.17. The minimum absolute atomic E-state index is 0.0120. The molecule has 0 aliphatic heterocycles. The molecule has 3 aromatic rings. The molecule has 25 heavy (non-hydrogen) atoms. The molecule has 0 amide bonds. The van der Waals surface area contributed by atoms with Gasteiger partial charge in [0, 0.05) is 17.7 Å². The summed E-state index contributed by atoms with van der Waals surface area (Å²) in [4.78, 5) is 21.8. The van der Waals surface area contributed by atoms with Crippen LogP contribution >= 0.6 is 0 Å². The molecule has 7 heteroatoms. The maximum Gasteiger partial charge on any atom is 0.354 e. The van der Waals surface area contributed by atoms with Gasteiger partial charge < -0.3 is 5.11 Å². The van der Waals surface area contributed by atoms with Crippen LogP contribution in [0, 0.1) is 24.0 Å². The lowest BCUT2D eigenvalue weighted by atomic mass is 10.0. The largest absolute Gasteiger partial charge is 0.477 e. The third kappa shape index (κ3) is 3.12. The standard InChI is InChI=1S/C18H15N3O4/c1-11-3-4-13(9-12(11)2)16-10-17(18(22)23)20(19-16)14-5-7-15(8-6-14)21(24)25/h3-10H,1-2H3,(H,22,23). The highest BCUT2D eigenvalue weighted by atomic mass is 16.6. The van der Waals surface area contributed by atoms with Crippen LogP contribution in [0.1, 0.15) is 21.6 Å². The fraction of sp³-hybridized carbons (Fsp3) is 0.111. The number of nitrogens with zero attached hydrogens (tertiary/aromatic N) is 3. The summed E-state index contributed by atoms with van der Waals surface area (Å²) in [6.07, 6.45) is 0. The fourth-order valence-electron chi connectivity index (χ4n) is 2.49. The molecule has 0 unspecified atom stereocenters. The molecule has 0 saturated heterocycles. The Balaban J connectivity index is 2.10. The van der Waals surface area contributed by atoms with Gasteiger partial charge in [-0.1, -0.05) is 12.1 Å². The first kappa shape index (κ1) is 16.4. The van der Waals surface area contributed by atoms with E-state index in [0.717, 1.165) is 16.7 Å². The minimum atomic E-state index is -1.12. The second-order valence-electron chi connectivity index (χ2n) is 5.70. The SMILES string of the molecule is Cc1ccc(-c2cc(C(=O)O)n(-c3ccc([N+](=O)[O-])cc3)n2)cc1C. The first-order valence-electron chi connectivity index (χ1n) is 7.52. The van der Waals surface area contributed by atoms with Gasteiger partial charge in [-0.15, -0.1) is 0 Å². The Morgan fingerprint density at radius 3 is 2.32 bits per heavy atom. The number of hydrogen-bond acceptors (Lipinski definition) is 4. The average molecular weight is 337 g/mol. The van der Waals surface area contributed by atoms with Crippen molar-refractivity contribution in [3.8, 4) is 16.9 Å². The summed E-state index contributed by atoms with van der Waals surface area (Å²) in [6.45, 7) is 3.97. The van der Waals surface area contributed by atoms with Crippen LogP contribution in [0.2, 0.25) is 0 Å². The van der Waals surface area contributed by atoms with E-state index in [1.165, 1.54) is 35.0 Å². The van der Waals surface area contributed by atoms with Crippen LogP contribution in [0.15, 0.2) is 48.5 Å². The molecular weight excluding hydrogens is 322 g/mol. The van der Waals surface area contributed by atoms with E-state index in [1.807, 2.05) is 32.0 Å². The number of benzene rings is 2. The average Bonchev–Trinajstić information content (AvgIpc) is 3.03. The van der Waals surface area contributed by atoms with Crippen LogP contribution in [0.4, 0.5) is 5.69 Å². The molecule has 0 radical (unpaired) electrons. The molecule has 0 aliphatic rings. The van der Waals surface area contributed by atoms with Crippen LogP contribution in [-0.2, 0) is 0 Å². The zero-order chi connectivity index (χ0) is 18.1. The van der Waals surface area contributed by atoms with Gasteiger partial charge in [-0.05, 0) is 49.2 Å². The molecule has 0 bridgehead atoms. The van der Waals surface area contributed by atoms with E-state index >= 15 is 0 Å². The second-order valence-corrected chi connectivity index (χ2v) is 5.70. The van der Waals surface area contributed by atoms with Crippen molar-refractivity contribution in [1.82, 2.24) is 9.78 Å². The summed E-state index contributed by atoms with van der Waals surface area (Å²) >= 11 is 0. The van der Waals surface area contributed by atoms with Crippen LogP contribution in [0.5, 0.6) is 0 Å². The summed E-state index contributed by atoms with van der Waals surface area (Å²) in [5.74, 6) is -1.12. The topological polar surface area (TPSA) is 98.3 Å². The van der Waals surface area contributed by atoms with Gasteiger partial charge in [-0.2, -0.15) is 5.10 Å². The molecule has 2 aromatic carbocycles. The lowest BCUT2D eigenvalue weighted by Crippen LogP contribution is -2.07. The lowest BCUT2D eigenvalue weighted by molar-refractivity contribution is -0.384. The Kier molecular flexibility index (Phi) is 4.06. The normalized spacial score (nSPS) is 10.6. The van der Waals surface area contributed by atoms with Crippen LogP contribution in [-0.4, -0.2) is 25.8 Å². The molecule has 0 saturated carbocycles. The Bertz CT molecular complexity index is 974. The maximum absolute atomic E-state index is 11.6. The molecule has 0 atom stereocenters. The molecular formula is C18H15N3O4. The molecule has 1 N–H and O–H groups in total. The van der Waals surface area contributed by atoms with Gasteiger partial charge in [-0.25, -0.2) is 9.48 Å². The minimum Gasteiger partial charge on any atom is -0.477 e. The van der Waals surface area contributed by atoms with E-state index in [2.05, 4.69) is 5.10 Å². The van der Waals surface area contributed by atoms with Gasteiger partial charge in [0.05, 0.1) is 16.3 Å². The number of non-ortho nitro benzene ring substituents is 1. The highest BCUT2D eigenvalue weighted by Crippen LogP contribution is 2.24. The van der Waals surface area contributed by atoms with E-state index in [9.17, 15) is 20.0 Å². The van der Waals surface area contributed by atoms with E-state index in [1.54, 1.807) is 0 Å². The van der Waals surface area contributed by atoms with Gasteiger partial charge in [-0.3, -0.25) is 10.1 Å². The molecule has 7 nitrogen and oxygen atoms in total. The zero-order valence-corrected chi connectivity index (χ0v) is 13.6. The number of aromatic nitrogens is 2. The van der Waals surface area contributed by atoms with Crippen molar-refractivity contribution >= 4 is 11.7 Å². The van der Waals surface area contributed by atoms with Crippen molar-refractivity contribution in [1.29, 1.82) is 0 Å². The number of carbonyl (C=O) groups is 1. The third-order valence-electron chi connectivity index (χ3n) is 4.04. The quantitative estimate of drug-likeness (QED) is 0.577. The number of hydrogen-bond donors (Lipinski definition) is 1. The van der Waals surface area contributed by atoms with E-state index < -0.39 is 10.9 Å². The summed E-state index contributed by atoms with van der Waals surface area (Å²) in [5, 5.41) is 24.6. The maximum atomic E-state index is 11.6. The van der Waals surface area contributed by atoms with Gasteiger partial charge in [0.25, 0.3) is 5.69 Å². The number of nitro groups is 1. The summed E-state index contributed by atoms with van der Waals surface area (Å²) < 4.78 is 1.27. The van der Waals surface area contributed by atoms with Crippen molar-refractivity contribution in [3.05, 3.63) is 75.5 Å². The van der Waals surface area contributed by atoms with Gasteiger partial charge in [0.15, 0.2) is 5.69 Å². The molecule has 3 rings (SSSR count). The molecule has 126 valence electrons. The van der Waals surface area contributed by atoms with Crippen LogP contribution in [0.3, 0.4) is 0 Å². The number of aryl methyl sites for hydroxylation is 2. The van der Waals surface area contributed by atoms with Crippen molar-refractivity contribution in [3.63, 3.8) is 0 Å².